The number of fused-ring (bicyclic) bond motifs is 7. The van der Waals surface area contributed by atoms with Crippen molar-refractivity contribution < 1.29 is 34.1 Å². The Morgan fingerprint density at radius 3 is 2.27 bits per heavy atom. The number of hydrogen-bond donors (Lipinski definition) is 2. The third-order valence-corrected chi connectivity index (χ3v) is 16.8. The van der Waals surface area contributed by atoms with Gasteiger partial charge in [-0.3, -0.25) is 19.2 Å². The number of aliphatic hydroxyl groups is 1. The third-order valence-electron chi connectivity index (χ3n) is 16.6. The molecule has 0 heterocycles. The van der Waals surface area contributed by atoms with Crippen LogP contribution >= 0.6 is 11.6 Å². The number of esters is 1. The van der Waals surface area contributed by atoms with Crippen LogP contribution in [0.3, 0.4) is 0 Å². The van der Waals surface area contributed by atoms with Crippen molar-refractivity contribution in [1.29, 1.82) is 0 Å². The molecule has 0 aliphatic heterocycles. The van der Waals surface area contributed by atoms with Crippen LogP contribution in [0.2, 0.25) is 5.02 Å². The van der Waals surface area contributed by atoms with E-state index in [-0.39, 0.29) is 64.3 Å². The lowest BCUT2D eigenvalue weighted by Crippen LogP contribution is -2.66. The summed E-state index contributed by atoms with van der Waals surface area (Å²) >= 11 is 6.29. The summed E-state index contributed by atoms with van der Waals surface area (Å²) in [4.78, 5) is 53.8. The Morgan fingerprint density at radius 2 is 1.65 bits per heavy atom. The van der Waals surface area contributed by atoms with Crippen molar-refractivity contribution in [1.82, 2.24) is 4.90 Å². The van der Waals surface area contributed by atoms with Gasteiger partial charge in [-0.1, -0.05) is 77.8 Å². The number of halogens is 1. The second-order valence-corrected chi connectivity index (χ2v) is 21.0. The van der Waals surface area contributed by atoms with Gasteiger partial charge in [0.05, 0.1) is 17.9 Å². The number of benzene rings is 1. The molecule has 2 N–H and O–H groups in total. The fourth-order valence-electron chi connectivity index (χ4n) is 13.5. The summed E-state index contributed by atoms with van der Waals surface area (Å²) in [5.41, 5.74) is 0.751. The van der Waals surface area contributed by atoms with Crippen molar-refractivity contribution in [2.45, 2.75) is 152 Å². The standard InChI is InChI=1S/C46H66ClNO7/c1-27(2)38-32(50)23-46(35(51)26-48(28(3)49)25-29-12-11-13-30(47)22-29)21-20-44(9)31(39(38)46)14-15-34-43(8)18-17-36(55-37(52)24-41(4,5)40(53)54)42(6,7)33(43)16-19-45(34,44)10/h11-13,22,27,31,33-36,51H,14-21,23-26H2,1-10H3,(H,53,54)/t31-,33?,34-,35-,36+,43+,44-,45-,46+/m1/s1. The van der Waals surface area contributed by atoms with Crippen LogP contribution in [0.15, 0.2) is 35.4 Å². The minimum Gasteiger partial charge on any atom is -0.481 e. The number of nitrogens with zero attached hydrogens (tertiary/aromatic N) is 1. The molecule has 55 heavy (non-hydrogen) atoms. The summed E-state index contributed by atoms with van der Waals surface area (Å²) in [5.74, 6) is -0.452. The van der Waals surface area contributed by atoms with Crippen molar-refractivity contribution in [3.05, 3.63) is 46.0 Å². The van der Waals surface area contributed by atoms with E-state index in [9.17, 15) is 29.4 Å². The fourth-order valence-corrected chi connectivity index (χ4v) is 13.7. The minimum atomic E-state index is -1.18. The summed E-state index contributed by atoms with van der Waals surface area (Å²) in [6.07, 6.45) is 6.32. The zero-order chi connectivity index (χ0) is 40.7. The molecule has 0 saturated heterocycles. The first-order chi connectivity index (χ1) is 25.4. The Hall–Kier alpha value is -2.71. The maximum atomic E-state index is 14.2. The highest BCUT2D eigenvalue weighted by Crippen LogP contribution is 2.77. The summed E-state index contributed by atoms with van der Waals surface area (Å²) in [7, 11) is 0. The van der Waals surface area contributed by atoms with Gasteiger partial charge in [0.2, 0.25) is 5.91 Å². The van der Waals surface area contributed by atoms with Crippen LogP contribution in [0.5, 0.6) is 0 Å². The van der Waals surface area contributed by atoms with E-state index in [1.807, 2.05) is 24.3 Å². The first-order valence-electron chi connectivity index (χ1n) is 20.8. The van der Waals surface area contributed by atoms with Crippen molar-refractivity contribution in [3.63, 3.8) is 0 Å². The number of hydrogen-bond acceptors (Lipinski definition) is 6. The van der Waals surface area contributed by atoms with Gasteiger partial charge in [-0.25, -0.2) is 0 Å². The van der Waals surface area contributed by atoms with E-state index in [0.29, 0.717) is 36.2 Å². The zero-order valence-corrected chi connectivity index (χ0v) is 35.8. The number of allylic oxidation sites excluding steroid dienone is 1. The second kappa shape index (κ2) is 14.3. The van der Waals surface area contributed by atoms with Crippen molar-refractivity contribution in [2.24, 2.45) is 56.2 Å². The molecular formula is C46H66ClNO7. The van der Waals surface area contributed by atoms with Crippen molar-refractivity contribution in [3.8, 4) is 0 Å². The number of rotatable bonds is 10. The van der Waals surface area contributed by atoms with Crippen LogP contribution in [-0.4, -0.2) is 57.5 Å². The SMILES string of the molecule is CC(=O)N(Cc1cccc(Cl)c1)C[C@@H](O)[C@@]12CC[C@]3(C)[C@H](CC[C@@H]4[C@@]5(C)CC[C@H](OC(=O)CC(C)(C)C(=O)O)C(C)(C)C5CC[C@]43C)C1=C(C(C)C)C(=O)C2. The Labute approximate surface area is 334 Å². The second-order valence-electron chi connectivity index (χ2n) is 20.6. The Kier molecular flexibility index (Phi) is 10.9. The summed E-state index contributed by atoms with van der Waals surface area (Å²) < 4.78 is 6.16. The first-order valence-corrected chi connectivity index (χ1v) is 21.2. The lowest BCUT2D eigenvalue weighted by Gasteiger charge is -2.72. The predicted molar refractivity (Wildman–Crippen MR) is 214 cm³/mol. The molecular weight excluding hydrogens is 714 g/mol. The number of carboxylic acids is 1. The molecule has 9 atom stereocenters. The molecule has 0 aromatic heterocycles. The lowest BCUT2D eigenvalue weighted by molar-refractivity contribution is -0.235. The Bertz CT molecular complexity index is 1770. The molecule has 0 radical (unpaired) electrons. The summed E-state index contributed by atoms with van der Waals surface area (Å²) in [6, 6.07) is 7.48. The Balaban J connectivity index is 1.29. The molecule has 1 amide bonds. The number of aliphatic carboxylic acids is 1. The van der Waals surface area contributed by atoms with E-state index < -0.39 is 28.9 Å². The number of ether oxygens (including phenoxy) is 1. The van der Waals surface area contributed by atoms with Crippen LogP contribution in [0, 0.1) is 56.2 Å². The number of carboxylic acid groups (broad SMARTS) is 1. The predicted octanol–water partition coefficient (Wildman–Crippen LogP) is 9.44. The highest BCUT2D eigenvalue weighted by atomic mass is 35.5. The van der Waals surface area contributed by atoms with Crippen LogP contribution in [0.1, 0.15) is 139 Å². The number of carbonyl (C=O) groups excluding carboxylic acids is 3. The van der Waals surface area contributed by atoms with Gasteiger partial charge in [-0.2, -0.15) is 0 Å². The zero-order valence-electron chi connectivity index (χ0n) is 35.0. The van der Waals surface area contributed by atoms with E-state index in [4.69, 9.17) is 16.3 Å². The molecule has 4 fully saturated rings. The summed E-state index contributed by atoms with van der Waals surface area (Å²) in [6.45, 7) is 21.4. The van der Waals surface area contributed by atoms with E-state index in [0.717, 1.165) is 56.1 Å². The number of ketones is 1. The maximum absolute atomic E-state index is 14.2. The smallest absolute Gasteiger partial charge is 0.309 e. The molecule has 1 aromatic carbocycles. The average Bonchev–Trinajstić information content (AvgIpc) is 3.39. The van der Waals surface area contributed by atoms with Gasteiger partial charge in [-0.05, 0) is 128 Å². The van der Waals surface area contributed by atoms with E-state index >= 15 is 0 Å². The minimum absolute atomic E-state index is 0.0118. The molecule has 5 aliphatic carbocycles. The third kappa shape index (κ3) is 6.71. The fraction of sp³-hybridized carbons (Fsp3) is 0.739. The molecule has 6 rings (SSSR count). The molecule has 5 aliphatic rings. The van der Waals surface area contributed by atoms with Crippen molar-refractivity contribution >= 4 is 35.2 Å². The highest BCUT2D eigenvalue weighted by molar-refractivity contribution is 6.30. The maximum Gasteiger partial charge on any atom is 0.309 e. The molecule has 1 aromatic rings. The van der Waals surface area contributed by atoms with Gasteiger partial charge in [0.1, 0.15) is 6.10 Å². The van der Waals surface area contributed by atoms with Gasteiger partial charge in [-0.15, -0.1) is 0 Å². The number of amides is 1. The highest BCUT2D eigenvalue weighted by Gasteiger charge is 2.71. The van der Waals surface area contributed by atoms with Crippen LogP contribution < -0.4 is 0 Å². The number of carbonyl (C=O) groups is 4. The average molecular weight is 780 g/mol. The molecule has 0 bridgehead atoms. The number of aliphatic hydroxyl groups excluding tert-OH is 1. The largest absolute Gasteiger partial charge is 0.481 e. The van der Waals surface area contributed by atoms with E-state index in [2.05, 4.69) is 48.5 Å². The van der Waals surface area contributed by atoms with Crippen molar-refractivity contribution in [2.75, 3.05) is 6.54 Å². The molecule has 304 valence electrons. The monoisotopic (exact) mass is 779 g/mol. The topological polar surface area (TPSA) is 121 Å². The lowest BCUT2D eigenvalue weighted by atomic mass is 9.33. The quantitative estimate of drug-likeness (QED) is 0.227. The molecule has 4 saturated carbocycles. The van der Waals surface area contributed by atoms with Gasteiger partial charge in [0.25, 0.3) is 0 Å². The van der Waals surface area contributed by atoms with Crippen LogP contribution in [-0.2, 0) is 30.5 Å². The molecule has 9 heteroatoms. The normalized spacial score (nSPS) is 36.0. The van der Waals surface area contributed by atoms with Crippen LogP contribution in [0.25, 0.3) is 0 Å². The van der Waals surface area contributed by atoms with Gasteiger partial charge < -0.3 is 19.8 Å². The molecule has 1 unspecified atom stereocenters. The van der Waals surface area contributed by atoms with Gasteiger partial charge in [0.15, 0.2) is 5.78 Å². The number of Topliss-reactive ketones (excluding diaryl/α,β-unsaturated/α-hetero) is 1. The van der Waals surface area contributed by atoms with Crippen LogP contribution in [0.4, 0.5) is 0 Å². The Morgan fingerprint density at radius 1 is 0.964 bits per heavy atom. The van der Waals surface area contributed by atoms with E-state index in [1.54, 1.807) is 25.7 Å². The van der Waals surface area contributed by atoms with Gasteiger partial charge >= 0.3 is 11.9 Å². The molecule has 8 nitrogen and oxygen atoms in total. The summed E-state index contributed by atoms with van der Waals surface area (Å²) in [5, 5.41) is 22.7. The first kappa shape index (κ1) is 41.9. The van der Waals surface area contributed by atoms with Gasteiger partial charge in [0, 0.05) is 42.3 Å². The molecule has 0 spiro atoms. The van der Waals surface area contributed by atoms with E-state index in [1.165, 1.54) is 5.57 Å².